The number of aliphatic hydroxyl groups excluding tert-OH is 1. The van der Waals surface area contributed by atoms with Crippen LogP contribution in [0.15, 0.2) is 46.6 Å². The van der Waals surface area contributed by atoms with E-state index in [1.54, 1.807) is 25.2 Å². The first kappa shape index (κ1) is 33.1. The van der Waals surface area contributed by atoms with Gasteiger partial charge in [0.2, 0.25) is 5.91 Å². The molecule has 2 bridgehead atoms. The van der Waals surface area contributed by atoms with E-state index in [0.29, 0.717) is 18.4 Å². The fraction of sp³-hybridized carbons (Fsp3) is 0.586. The molecule has 1 aromatic heterocycles. The lowest BCUT2D eigenvalue weighted by molar-refractivity contribution is -0.344. The molecule has 0 aromatic carbocycles. The minimum absolute atomic E-state index is 0.0882. The SMILES string of the molecule is CC1=C\[C@@H](O)C[C@H](OC(F)(F)F)Cc2nc(co2)C(=O)N2CCC[C@@H]2C(=O)O[C@H](C(C)C)[C@H](C)/C=C/C(=O)NC\C=C\1. The van der Waals surface area contributed by atoms with E-state index >= 15 is 0 Å². The maximum absolute atomic E-state index is 13.3. The highest BCUT2D eigenvalue weighted by atomic mass is 19.4. The van der Waals surface area contributed by atoms with E-state index in [-0.39, 0.29) is 42.4 Å². The average Bonchev–Trinajstić information content (AvgIpc) is 3.56. The van der Waals surface area contributed by atoms with Gasteiger partial charge in [-0.2, -0.15) is 0 Å². The van der Waals surface area contributed by atoms with Crippen LogP contribution in [0.3, 0.4) is 0 Å². The smallest absolute Gasteiger partial charge is 0.460 e. The number of nitrogens with zero attached hydrogens (tertiary/aromatic N) is 2. The Morgan fingerprint density at radius 3 is 2.64 bits per heavy atom. The Kier molecular flexibility index (Phi) is 11.5. The number of carbonyl (C=O) groups is 3. The third kappa shape index (κ3) is 9.83. The van der Waals surface area contributed by atoms with Crippen LogP contribution >= 0.6 is 0 Å². The van der Waals surface area contributed by atoms with E-state index in [9.17, 15) is 32.7 Å². The molecule has 2 aliphatic rings. The van der Waals surface area contributed by atoms with Crippen molar-refractivity contribution >= 4 is 17.8 Å². The lowest BCUT2D eigenvalue weighted by Gasteiger charge is -2.29. The first-order valence-electron chi connectivity index (χ1n) is 13.9. The van der Waals surface area contributed by atoms with Gasteiger partial charge >= 0.3 is 12.3 Å². The number of allylic oxidation sites excluding steroid dienone is 2. The molecule has 232 valence electrons. The van der Waals surface area contributed by atoms with Gasteiger partial charge in [-0.1, -0.05) is 50.6 Å². The fourth-order valence-corrected chi connectivity index (χ4v) is 5.03. The summed E-state index contributed by atoms with van der Waals surface area (Å²) in [4.78, 5) is 44.2. The zero-order valence-electron chi connectivity index (χ0n) is 24.1. The van der Waals surface area contributed by atoms with Crippen molar-refractivity contribution in [3.05, 3.63) is 53.8 Å². The second kappa shape index (κ2) is 14.6. The van der Waals surface area contributed by atoms with Gasteiger partial charge in [-0.15, -0.1) is 13.2 Å². The number of aliphatic hydroxyl groups is 1. The monoisotopic (exact) mass is 597 g/mol. The van der Waals surface area contributed by atoms with Crippen molar-refractivity contribution in [1.29, 1.82) is 0 Å². The van der Waals surface area contributed by atoms with E-state index < -0.39 is 55.4 Å². The molecule has 2 aliphatic heterocycles. The van der Waals surface area contributed by atoms with Crippen molar-refractivity contribution < 1.29 is 46.6 Å². The number of hydrogen-bond donors (Lipinski definition) is 2. The third-order valence-corrected chi connectivity index (χ3v) is 6.97. The highest BCUT2D eigenvalue weighted by Crippen LogP contribution is 2.27. The molecule has 3 heterocycles. The van der Waals surface area contributed by atoms with Crippen molar-refractivity contribution in [1.82, 2.24) is 15.2 Å². The summed E-state index contributed by atoms with van der Waals surface area (Å²) in [5.41, 5.74) is 0.383. The molecule has 0 saturated carbocycles. The number of carbonyl (C=O) groups excluding carboxylic acids is 3. The Labute approximate surface area is 242 Å². The largest absolute Gasteiger partial charge is 0.522 e. The summed E-state index contributed by atoms with van der Waals surface area (Å²) < 4.78 is 54.7. The van der Waals surface area contributed by atoms with Crippen LogP contribution < -0.4 is 5.32 Å². The second-order valence-electron chi connectivity index (χ2n) is 10.9. The summed E-state index contributed by atoms with van der Waals surface area (Å²) in [5, 5.41) is 13.1. The maximum Gasteiger partial charge on any atom is 0.522 e. The van der Waals surface area contributed by atoms with Crippen LogP contribution in [0.4, 0.5) is 13.2 Å². The molecule has 2 amide bonds. The van der Waals surface area contributed by atoms with Crippen LogP contribution in [-0.2, 0) is 25.5 Å². The lowest BCUT2D eigenvalue weighted by Crippen LogP contribution is -2.44. The molecule has 2 N–H and O–H groups in total. The average molecular weight is 598 g/mol. The molecule has 1 saturated heterocycles. The number of halogens is 3. The van der Waals surface area contributed by atoms with E-state index in [2.05, 4.69) is 15.0 Å². The summed E-state index contributed by atoms with van der Waals surface area (Å²) in [7, 11) is 0. The summed E-state index contributed by atoms with van der Waals surface area (Å²) >= 11 is 0. The Bertz CT molecular complexity index is 1190. The molecule has 42 heavy (non-hydrogen) atoms. The number of nitrogens with one attached hydrogen (secondary N) is 1. The predicted molar refractivity (Wildman–Crippen MR) is 145 cm³/mol. The van der Waals surface area contributed by atoms with Gasteiger partial charge < -0.3 is 24.5 Å². The van der Waals surface area contributed by atoms with E-state index in [0.717, 1.165) is 6.26 Å². The Balaban J connectivity index is 1.91. The maximum atomic E-state index is 13.3. The molecule has 5 atom stereocenters. The van der Waals surface area contributed by atoms with Crippen LogP contribution in [0, 0.1) is 11.8 Å². The van der Waals surface area contributed by atoms with Crippen molar-refractivity contribution in [2.75, 3.05) is 13.1 Å². The van der Waals surface area contributed by atoms with Gasteiger partial charge in [-0.25, -0.2) is 9.78 Å². The number of cyclic esters (lactones) is 1. The Hall–Kier alpha value is -3.45. The Morgan fingerprint density at radius 1 is 1.21 bits per heavy atom. The first-order valence-corrected chi connectivity index (χ1v) is 13.9. The van der Waals surface area contributed by atoms with Gasteiger partial charge in [0.25, 0.3) is 5.91 Å². The summed E-state index contributed by atoms with van der Waals surface area (Å²) in [6.07, 6.45) is 0.231. The number of aromatic nitrogens is 1. The minimum Gasteiger partial charge on any atom is -0.460 e. The molecule has 0 radical (unpaired) electrons. The van der Waals surface area contributed by atoms with Crippen molar-refractivity contribution in [2.45, 2.75) is 84.1 Å². The molecule has 0 unspecified atom stereocenters. The molecule has 0 aliphatic carbocycles. The predicted octanol–water partition coefficient (Wildman–Crippen LogP) is 3.87. The summed E-state index contributed by atoms with van der Waals surface area (Å²) in [6.45, 7) is 7.67. The van der Waals surface area contributed by atoms with Crippen LogP contribution in [0.2, 0.25) is 0 Å². The topological polar surface area (TPSA) is 131 Å². The minimum atomic E-state index is -4.99. The number of oxazole rings is 1. The highest BCUT2D eigenvalue weighted by Gasteiger charge is 2.39. The van der Waals surface area contributed by atoms with Gasteiger partial charge in [0.1, 0.15) is 18.4 Å². The van der Waals surface area contributed by atoms with E-state index in [1.807, 2.05) is 20.8 Å². The van der Waals surface area contributed by atoms with Gasteiger partial charge in [0, 0.05) is 25.4 Å². The normalized spacial score (nSPS) is 30.2. The van der Waals surface area contributed by atoms with Gasteiger partial charge in [-0.05, 0) is 31.8 Å². The zero-order valence-corrected chi connectivity index (χ0v) is 24.1. The van der Waals surface area contributed by atoms with Gasteiger partial charge in [-0.3, -0.25) is 14.3 Å². The molecule has 3 rings (SSSR count). The molecule has 1 aromatic rings. The molecule has 0 spiro atoms. The molecular weight excluding hydrogens is 559 g/mol. The van der Waals surface area contributed by atoms with Crippen LogP contribution in [0.5, 0.6) is 0 Å². The molecule has 1 fully saturated rings. The van der Waals surface area contributed by atoms with E-state index in [1.165, 1.54) is 17.1 Å². The highest BCUT2D eigenvalue weighted by molar-refractivity contribution is 5.95. The number of rotatable bonds is 2. The number of fused-ring (bicyclic) bond motifs is 3. The summed E-state index contributed by atoms with van der Waals surface area (Å²) in [5.74, 6) is -2.16. The van der Waals surface area contributed by atoms with Crippen LogP contribution in [0.1, 0.15) is 63.3 Å². The van der Waals surface area contributed by atoms with Crippen molar-refractivity contribution in [3.63, 3.8) is 0 Å². The van der Waals surface area contributed by atoms with Crippen LogP contribution in [0.25, 0.3) is 0 Å². The van der Waals surface area contributed by atoms with Gasteiger partial charge in [0.15, 0.2) is 11.6 Å². The zero-order chi connectivity index (χ0) is 31.0. The lowest BCUT2D eigenvalue weighted by atomic mass is 9.94. The van der Waals surface area contributed by atoms with Crippen molar-refractivity contribution in [3.8, 4) is 0 Å². The number of esters is 1. The number of amides is 2. The third-order valence-electron chi connectivity index (χ3n) is 6.97. The second-order valence-corrected chi connectivity index (χ2v) is 10.9. The molecule has 13 heteroatoms. The number of ether oxygens (including phenoxy) is 2. The summed E-state index contributed by atoms with van der Waals surface area (Å²) in [6, 6.07) is -0.877. The number of hydrogen-bond acceptors (Lipinski definition) is 8. The fourth-order valence-electron chi connectivity index (χ4n) is 5.03. The first-order chi connectivity index (χ1) is 19.7. The van der Waals surface area contributed by atoms with Gasteiger partial charge in [0.05, 0.1) is 18.6 Å². The molecular formula is C29H38F3N3O7. The molecule has 10 nitrogen and oxygen atoms in total. The number of alkyl halides is 3. The van der Waals surface area contributed by atoms with Crippen molar-refractivity contribution in [2.24, 2.45) is 11.8 Å². The quantitative estimate of drug-likeness (QED) is 0.492. The van der Waals surface area contributed by atoms with Crippen LogP contribution in [-0.4, -0.2) is 76.6 Å². The standard InChI is InChI=1S/C29H38F3N3O7/c1-17(2)26-19(4)9-10-24(37)33-11-5-7-18(3)13-20(36)14-21(42-29(30,31)32)15-25-34-22(16-40-25)27(38)35-12-6-8-23(35)28(39)41-26/h5,7,9-10,13,16-17,19-21,23,26,36H,6,8,11-12,14-15H2,1-4H3,(H,33,37)/b7-5+,10-9+,18-13+/t19-,20-,21+,23-,26-/m1/s1. The Morgan fingerprint density at radius 2 is 1.95 bits per heavy atom. The van der Waals surface area contributed by atoms with E-state index in [4.69, 9.17) is 9.15 Å².